The zero-order chi connectivity index (χ0) is 17.4. The number of hydrogen-bond acceptors (Lipinski definition) is 3. The van der Waals surface area contributed by atoms with Crippen LogP contribution in [0.1, 0.15) is 44.0 Å². The van der Waals surface area contributed by atoms with Gasteiger partial charge in [-0.15, -0.1) is 11.3 Å². The summed E-state index contributed by atoms with van der Waals surface area (Å²) in [6.07, 6.45) is 3.97. The molecule has 25 heavy (non-hydrogen) atoms. The SMILES string of the molecule is NC(=O)c1c(NC(=O)c2cccc3ccccc23)sc2c1CCCC2. The van der Waals surface area contributed by atoms with Crippen LogP contribution in [0.3, 0.4) is 0 Å². The lowest BCUT2D eigenvalue weighted by atomic mass is 9.95. The van der Waals surface area contributed by atoms with Crippen LogP contribution in [0, 0.1) is 0 Å². The van der Waals surface area contributed by atoms with Crippen LogP contribution in [-0.2, 0) is 12.8 Å². The van der Waals surface area contributed by atoms with E-state index in [1.54, 1.807) is 6.07 Å². The van der Waals surface area contributed by atoms with Gasteiger partial charge in [0.1, 0.15) is 5.00 Å². The summed E-state index contributed by atoms with van der Waals surface area (Å²) in [4.78, 5) is 26.0. The number of thiophene rings is 1. The fourth-order valence-electron chi connectivity index (χ4n) is 3.51. The lowest BCUT2D eigenvalue weighted by Crippen LogP contribution is -2.18. The minimum absolute atomic E-state index is 0.210. The van der Waals surface area contributed by atoms with Crippen molar-refractivity contribution in [3.8, 4) is 0 Å². The number of rotatable bonds is 3. The number of hydrogen-bond donors (Lipinski definition) is 2. The highest BCUT2D eigenvalue weighted by molar-refractivity contribution is 7.17. The molecular weight excluding hydrogens is 332 g/mol. The maximum absolute atomic E-state index is 12.9. The van der Waals surface area contributed by atoms with Gasteiger partial charge in [0.15, 0.2) is 0 Å². The molecule has 4 nitrogen and oxygen atoms in total. The smallest absolute Gasteiger partial charge is 0.256 e. The molecule has 0 unspecified atom stereocenters. The van der Waals surface area contributed by atoms with Crippen LogP contribution in [0.4, 0.5) is 5.00 Å². The van der Waals surface area contributed by atoms with Gasteiger partial charge in [-0.2, -0.15) is 0 Å². The molecule has 0 spiro atoms. The molecule has 0 fully saturated rings. The molecule has 1 heterocycles. The van der Waals surface area contributed by atoms with E-state index in [0.29, 0.717) is 16.1 Å². The van der Waals surface area contributed by atoms with E-state index in [9.17, 15) is 9.59 Å². The largest absolute Gasteiger partial charge is 0.365 e. The lowest BCUT2D eigenvalue weighted by molar-refractivity contribution is 0.100. The fourth-order valence-corrected chi connectivity index (χ4v) is 4.80. The topological polar surface area (TPSA) is 72.2 Å². The molecule has 1 aliphatic rings. The van der Waals surface area contributed by atoms with Crippen molar-refractivity contribution in [1.29, 1.82) is 0 Å². The maximum atomic E-state index is 12.9. The second kappa shape index (κ2) is 6.33. The predicted octanol–water partition coefficient (Wildman–Crippen LogP) is 4.13. The van der Waals surface area contributed by atoms with Crippen molar-refractivity contribution in [2.24, 2.45) is 5.73 Å². The zero-order valence-electron chi connectivity index (χ0n) is 13.7. The van der Waals surface area contributed by atoms with Gasteiger partial charge in [-0.1, -0.05) is 36.4 Å². The number of fused-ring (bicyclic) bond motifs is 2. The summed E-state index contributed by atoms with van der Waals surface area (Å²) in [6, 6.07) is 13.4. The number of anilines is 1. The van der Waals surface area contributed by atoms with Crippen LogP contribution in [-0.4, -0.2) is 11.8 Å². The fraction of sp³-hybridized carbons (Fsp3) is 0.200. The Labute approximate surface area is 149 Å². The standard InChI is InChI=1S/C20H18N2O2S/c21-18(23)17-15-9-3-4-11-16(15)25-20(17)22-19(24)14-10-5-7-12-6-1-2-8-13(12)14/h1-2,5-8,10H,3-4,9,11H2,(H2,21,23)(H,22,24). The second-order valence-corrected chi connectivity index (χ2v) is 7.37. The Morgan fingerprint density at radius 1 is 1.00 bits per heavy atom. The number of aryl methyl sites for hydroxylation is 1. The molecule has 4 rings (SSSR count). The van der Waals surface area contributed by atoms with Crippen molar-refractivity contribution in [2.45, 2.75) is 25.7 Å². The van der Waals surface area contributed by atoms with Crippen LogP contribution in [0.5, 0.6) is 0 Å². The van der Waals surface area contributed by atoms with Crippen molar-refractivity contribution in [1.82, 2.24) is 0 Å². The average molecular weight is 350 g/mol. The number of nitrogens with two attached hydrogens (primary N) is 1. The summed E-state index contributed by atoms with van der Waals surface area (Å²) in [5, 5.41) is 5.42. The van der Waals surface area contributed by atoms with Crippen molar-refractivity contribution in [3.05, 3.63) is 64.0 Å². The third-order valence-electron chi connectivity index (χ3n) is 4.68. The van der Waals surface area contributed by atoms with Gasteiger partial charge < -0.3 is 11.1 Å². The van der Waals surface area contributed by atoms with Gasteiger partial charge in [-0.25, -0.2) is 0 Å². The number of primary amides is 1. The van der Waals surface area contributed by atoms with Crippen molar-refractivity contribution < 1.29 is 9.59 Å². The molecule has 1 aromatic heterocycles. The predicted molar refractivity (Wildman–Crippen MR) is 101 cm³/mol. The van der Waals surface area contributed by atoms with Crippen LogP contribution in [0.2, 0.25) is 0 Å². The number of benzene rings is 2. The molecule has 1 aliphatic carbocycles. The Bertz CT molecular complexity index is 985. The van der Waals surface area contributed by atoms with E-state index in [1.807, 2.05) is 36.4 Å². The van der Waals surface area contributed by atoms with Crippen LogP contribution >= 0.6 is 11.3 Å². The Morgan fingerprint density at radius 2 is 1.76 bits per heavy atom. The highest BCUT2D eigenvalue weighted by Crippen LogP contribution is 2.38. The minimum Gasteiger partial charge on any atom is -0.365 e. The molecule has 126 valence electrons. The third kappa shape index (κ3) is 2.81. The third-order valence-corrected chi connectivity index (χ3v) is 5.89. The Morgan fingerprint density at radius 3 is 2.60 bits per heavy atom. The number of amides is 2. The monoisotopic (exact) mass is 350 g/mol. The van der Waals surface area contributed by atoms with Crippen molar-refractivity contribution in [2.75, 3.05) is 5.32 Å². The summed E-state index contributed by atoms with van der Waals surface area (Å²) < 4.78 is 0. The van der Waals surface area contributed by atoms with Gasteiger partial charge in [-0.05, 0) is 48.1 Å². The molecule has 0 saturated carbocycles. The first-order chi connectivity index (χ1) is 12.1. The second-order valence-electron chi connectivity index (χ2n) is 6.26. The van der Waals surface area contributed by atoms with Gasteiger partial charge in [0, 0.05) is 10.4 Å². The van der Waals surface area contributed by atoms with Gasteiger partial charge in [-0.3, -0.25) is 9.59 Å². The molecule has 5 heteroatoms. The minimum atomic E-state index is -0.465. The van der Waals surface area contributed by atoms with Crippen molar-refractivity contribution in [3.63, 3.8) is 0 Å². The Balaban J connectivity index is 1.74. The normalized spacial score (nSPS) is 13.4. The Hall–Kier alpha value is -2.66. The first-order valence-corrected chi connectivity index (χ1v) is 9.20. The first kappa shape index (κ1) is 15.8. The summed E-state index contributed by atoms with van der Waals surface area (Å²) in [6.45, 7) is 0. The Kier molecular flexibility index (Phi) is 4.01. The van der Waals surface area contributed by atoms with E-state index in [-0.39, 0.29) is 5.91 Å². The number of carbonyl (C=O) groups excluding carboxylic acids is 2. The highest BCUT2D eigenvalue weighted by Gasteiger charge is 2.25. The molecule has 0 atom stereocenters. The van der Waals surface area contributed by atoms with E-state index in [4.69, 9.17) is 5.73 Å². The van der Waals surface area contributed by atoms with E-state index >= 15 is 0 Å². The molecular formula is C20H18N2O2S. The molecule has 0 bridgehead atoms. The van der Waals surface area contributed by atoms with Crippen molar-refractivity contribution >= 4 is 38.9 Å². The number of carbonyl (C=O) groups is 2. The van der Waals surface area contributed by atoms with Gasteiger partial charge in [0.25, 0.3) is 11.8 Å². The first-order valence-electron chi connectivity index (χ1n) is 8.38. The lowest BCUT2D eigenvalue weighted by Gasteiger charge is -2.11. The van der Waals surface area contributed by atoms with Crippen LogP contribution in [0.25, 0.3) is 10.8 Å². The molecule has 3 N–H and O–H groups in total. The summed E-state index contributed by atoms with van der Waals surface area (Å²) in [7, 11) is 0. The molecule has 0 saturated heterocycles. The highest BCUT2D eigenvalue weighted by atomic mass is 32.1. The van der Waals surface area contributed by atoms with E-state index in [1.165, 1.54) is 16.2 Å². The van der Waals surface area contributed by atoms with Crippen LogP contribution < -0.4 is 11.1 Å². The molecule has 0 aliphatic heterocycles. The summed E-state index contributed by atoms with van der Waals surface area (Å²) in [5.74, 6) is -0.675. The van der Waals surface area contributed by atoms with Gasteiger partial charge >= 0.3 is 0 Å². The van der Waals surface area contributed by atoms with Gasteiger partial charge in [0.2, 0.25) is 0 Å². The van der Waals surface area contributed by atoms with E-state index < -0.39 is 5.91 Å². The average Bonchev–Trinajstić information content (AvgIpc) is 2.99. The molecule has 3 aromatic rings. The summed E-state index contributed by atoms with van der Waals surface area (Å²) in [5.41, 5.74) is 7.72. The van der Waals surface area contributed by atoms with Gasteiger partial charge in [0.05, 0.1) is 5.56 Å². The molecule has 2 aromatic carbocycles. The quantitative estimate of drug-likeness (QED) is 0.745. The molecule has 0 radical (unpaired) electrons. The van der Waals surface area contributed by atoms with E-state index in [2.05, 4.69) is 5.32 Å². The zero-order valence-corrected chi connectivity index (χ0v) is 14.5. The maximum Gasteiger partial charge on any atom is 0.256 e. The molecule has 2 amide bonds. The van der Waals surface area contributed by atoms with E-state index in [0.717, 1.165) is 42.0 Å². The van der Waals surface area contributed by atoms with Crippen LogP contribution in [0.15, 0.2) is 42.5 Å². The summed E-state index contributed by atoms with van der Waals surface area (Å²) >= 11 is 1.49. The number of nitrogens with one attached hydrogen (secondary N) is 1.